The lowest BCUT2D eigenvalue weighted by Gasteiger charge is -2.34. The first-order valence-electron chi connectivity index (χ1n) is 8.25. The van der Waals surface area contributed by atoms with E-state index in [9.17, 15) is 0 Å². The molecule has 2 aliphatic rings. The second-order valence-electron chi connectivity index (χ2n) is 6.61. The number of rotatable bonds is 4. The van der Waals surface area contributed by atoms with Crippen LogP contribution in [0.15, 0.2) is 30.3 Å². The van der Waals surface area contributed by atoms with E-state index in [0.717, 1.165) is 11.8 Å². The molecule has 20 heavy (non-hydrogen) atoms. The zero-order valence-corrected chi connectivity index (χ0v) is 13.2. The van der Waals surface area contributed by atoms with Crippen LogP contribution in [-0.2, 0) is 0 Å². The smallest absolute Gasteiger partial charge is 0.0204 e. The molecule has 0 radical (unpaired) electrons. The molecular formula is C18H27NS. The van der Waals surface area contributed by atoms with Crippen LogP contribution in [0.1, 0.15) is 56.4 Å². The quantitative estimate of drug-likeness (QED) is 0.878. The third kappa shape index (κ3) is 3.59. The Morgan fingerprint density at radius 3 is 2.50 bits per heavy atom. The number of hydrogen-bond acceptors (Lipinski definition) is 2. The zero-order valence-electron chi connectivity index (χ0n) is 12.3. The lowest BCUT2D eigenvalue weighted by molar-refractivity contribution is 0.405. The fraction of sp³-hybridized carbons (Fsp3) is 0.667. The van der Waals surface area contributed by atoms with E-state index in [2.05, 4.69) is 42.1 Å². The molecule has 0 saturated heterocycles. The first kappa shape index (κ1) is 14.5. The monoisotopic (exact) mass is 289 g/mol. The largest absolute Gasteiger partial charge is 0.327 e. The molecular weight excluding hydrogens is 262 g/mol. The van der Waals surface area contributed by atoms with Crippen molar-refractivity contribution in [2.45, 2.75) is 62.2 Å². The van der Waals surface area contributed by atoms with Crippen LogP contribution in [0.2, 0.25) is 0 Å². The maximum absolute atomic E-state index is 6.38. The van der Waals surface area contributed by atoms with E-state index in [-0.39, 0.29) is 0 Å². The second-order valence-corrected chi connectivity index (χ2v) is 7.88. The van der Waals surface area contributed by atoms with Gasteiger partial charge in [-0.05, 0) is 55.3 Å². The predicted octanol–water partition coefficient (Wildman–Crippen LogP) is 4.57. The molecule has 3 rings (SSSR count). The van der Waals surface area contributed by atoms with Crippen LogP contribution >= 0.6 is 11.8 Å². The van der Waals surface area contributed by atoms with Gasteiger partial charge in [-0.2, -0.15) is 11.8 Å². The Morgan fingerprint density at radius 1 is 1.00 bits per heavy atom. The normalized spacial score (nSPS) is 31.6. The van der Waals surface area contributed by atoms with Crippen molar-refractivity contribution in [2.24, 2.45) is 11.7 Å². The van der Waals surface area contributed by atoms with Gasteiger partial charge in [0, 0.05) is 11.3 Å². The van der Waals surface area contributed by atoms with Crippen molar-refractivity contribution in [3.8, 4) is 0 Å². The van der Waals surface area contributed by atoms with E-state index < -0.39 is 0 Å². The molecule has 0 aliphatic heterocycles. The fourth-order valence-electron chi connectivity index (χ4n) is 3.81. The van der Waals surface area contributed by atoms with Gasteiger partial charge in [0.05, 0.1) is 0 Å². The van der Waals surface area contributed by atoms with E-state index >= 15 is 0 Å². The van der Waals surface area contributed by atoms with Gasteiger partial charge in [0.2, 0.25) is 0 Å². The van der Waals surface area contributed by atoms with E-state index in [4.69, 9.17) is 5.73 Å². The van der Waals surface area contributed by atoms with Crippen LogP contribution in [-0.4, -0.2) is 17.0 Å². The Balaban J connectivity index is 1.55. The minimum atomic E-state index is 0.418. The molecule has 3 atom stereocenters. The number of hydrogen-bond donors (Lipinski definition) is 1. The van der Waals surface area contributed by atoms with Gasteiger partial charge in [0.15, 0.2) is 0 Å². The highest BCUT2D eigenvalue weighted by atomic mass is 32.2. The van der Waals surface area contributed by atoms with Crippen molar-refractivity contribution in [1.29, 1.82) is 0 Å². The first-order chi connectivity index (χ1) is 9.83. The van der Waals surface area contributed by atoms with Crippen molar-refractivity contribution < 1.29 is 0 Å². The molecule has 3 unspecified atom stereocenters. The Labute approximate surface area is 127 Å². The lowest BCUT2D eigenvalue weighted by Crippen LogP contribution is -2.38. The molecule has 1 nitrogen and oxygen atoms in total. The van der Waals surface area contributed by atoms with Crippen LogP contribution in [0.5, 0.6) is 0 Å². The number of thioether (sulfide) groups is 1. The molecule has 0 bridgehead atoms. The minimum absolute atomic E-state index is 0.418. The van der Waals surface area contributed by atoms with Crippen LogP contribution in [0.3, 0.4) is 0 Å². The standard InChI is InChI=1S/C18H27NS/c19-17-11-10-16(15-8-2-1-3-9-15)12-18(17)20-13-14-6-4-5-7-14/h1-3,8-9,14,16-18H,4-7,10-13,19H2. The maximum atomic E-state index is 6.38. The minimum Gasteiger partial charge on any atom is -0.327 e. The van der Waals surface area contributed by atoms with Crippen molar-refractivity contribution in [2.75, 3.05) is 5.75 Å². The Kier molecular flexibility index (Phi) is 5.06. The summed E-state index contributed by atoms with van der Waals surface area (Å²) >= 11 is 2.18. The third-order valence-electron chi connectivity index (χ3n) is 5.13. The molecule has 2 N–H and O–H groups in total. The molecule has 110 valence electrons. The highest BCUT2D eigenvalue weighted by Crippen LogP contribution is 2.39. The summed E-state index contributed by atoms with van der Waals surface area (Å²) in [5, 5.41) is 0.676. The second kappa shape index (κ2) is 7.00. The zero-order chi connectivity index (χ0) is 13.8. The van der Waals surface area contributed by atoms with Gasteiger partial charge in [0.25, 0.3) is 0 Å². The fourth-order valence-corrected chi connectivity index (χ4v) is 5.41. The molecule has 2 fully saturated rings. The Morgan fingerprint density at radius 2 is 1.75 bits per heavy atom. The van der Waals surface area contributed by atoms with Gasteiger partial charge in [0.1, 0.15) is 0 Å². The topological polar surface area (TPSA) is 26.0 Å². The molecule has 0 spiro atoms. The van der Waals surface area contributed by atoms with Crippen molar-refractivity contribution in [1.82, 2.24) is 0 Å². The summed E-state index contributed by atoms with van der Waals surface area (Å²) in [4.78, 5) is 0. The van der Waals surface area contributed by atoms with E-state index in [0.29, 0.717) is 11.3 Å². The van der Waals surface area contributed by atoms with Gasteiger partial charge in [-0.3, -0.25) is 0 Å². The summed E-state index contributed by atoms with van der Waals surface area (Å²) in [6, 6.07) is 11.5. The van der Waals surface area contributed by atoms with Crippen molar-refractivity contribution in [3.63, 3.8) is 0 Å². The van der Waals surface area contributed by atoms with Crippen LogP contribution in [0.25, 0.3) is 0 Å². The first-order valence-corrected chi connectivity index (χ1v) is 9.30. The summed E-state index contributed by atoms with van der Waals surface area (Å²) in [5.74, 6) is 3.06. The van der Waals surface area contributed by atoms with Gasteiger partial charge in [-0.1, -0.05) is 43.2 Å². The molecule has 1 aromatic rings. The molecule has 0 amide bonds. The highest BCUT2D eigenvalue weighted by Gasteiger charge is 2.30. The summed E-state index contributed by atoms with van der Waals surface area (Å²) in [6.45, 7) is 0. The van der Waals surface area contributed by atoms with Gasteiger partial charge in [-0.25, -0.2) is 0 Å². The number of benzene rings is 1. The van der Waals surface area contributed by atoms with Crippen LogP contribution in [0, 0.1) is 5.92 Å². The Hall–Kier alpha value is -0.470. The van der Waals surface area contributed by atoms with Gasteiger partial charge in [-0.15, -0.1) is 0 Å². The van der Waals surface area contributed by atoms with Gasteiger partial charge < -0.3 is 5.73 Å². The van der Waals surface area contributed by atoms with E-state index in [1.54, 1.807) is 0 Å². The lowest BCUT2D eigenvalue weighted by atomic mass is 9.82. The summed E-state index contributed by atoms with van der Waals surface area (Å²) in [5.41, 5.74) is 7.90. The average Bonchev–Trinajstić information content (AvgIpc) is 3.01. The molecule has 0 aromatic heterocycles. The predicted molar refractivity (Wildman–Crippen MR) is 89.2 cm³/mol. The Bertz CT molecular complexity index is 399. The highest BCUT2D eigenvalue weighted by molar-refractivity contribution is 7.99. The van der Waals surface area contributed by atoms with Crippen molar-refractivity contribution in [3.05, 3.63) is 35.9 Å². The summed E-state index contributed by atoms with van der Waals surface area (Å²) in [7, 11) is 0. The SMILES string of the molecule is NC1CCC(c2ccccc2)CC1SCC1CCCC1. The molecule has 2 aliphatic carbocycles. The maximum Gasteiger partial charge on any atom is 0.0204 e. The van der Waals surface area contributed by atoms with Crippen LogP contribution in [0.4, 0.5) is 0 Å². The average molecular weight is 289 g/mol. The summed E-state index contributed by atoms with van der Waals surface area (Å²) in [6.07, 6.45) is 9.56. The van der Waals surface area contributed by atoms with E-state index in [1.165, 1.54) is 56.3 Å². The van der Waals surface area contributed by atoms with E-state index in [1.807, 2.05) is 0 Å². The molecule has 0 heterocycles. The van der Waals surface area contributed by atoms with Crippen molar-refractivity contribution >= 4 is 11.8 Å². The third-order valence-corrected chi connectivity index (χ3v) is 6.77. The molecule has 2 saturated carbocycles. The molecule has 2 heteroatoms. The van der Waals surface area contributed by atoms with Crippen LogP contribution < -0.4 is 5.73 Å². The van der Waals surface area contributed by atoms with Gasteiger partial charge >= 0.3 is 0 Å². The summed E-state index contributed by atoms with van der Waals surface area (Å²) < 4.78 is 0. The number of nitrogens with two attached hydrogens (primary N) is 1. The molecule has 1 aromatic carbocycles.